The minimum atomic E-state index is 0.176. The zero-order valence-corrected chi connectivity index (χ0v) is 10.4. The third-order valence-corrected chi connectivity index (χ3v) is 2.47. The van der Waals surface area contributed by atoms with Crippen LogP contribution in [0.5, 0.6) is 5.75 Å². The maximum atomic E-state index is 5.22. The van der Waals surface area contributed by atoms with Crippen molar-refractivity contribution in [1.29, 1.82) is 0 Å². The highest BCUT2D eigenvalue weighted by Gasteiger charge is 2.07. The second-order valence-corrected chi connectivity index (χ2v) is 5.77. The molecular formula is C13H16OS. The summed E-state index contributed by atoms with van der Waals surface area (Å²) in [5, 5.41) is 3.10. The molecule has 0 saturated carbocycles. The van der Waals surface area contributed by atoms with Crippen LogP contribution >= 0.6 is 11.8 Å². The highest BCUT2D eigenvalue weighted by atomic mass is 32.2. The predicted molar refractivity (Wildman–Crippen MR) is 67.2 cm³/mol. The lowest BCUT2D eigenvalue weighted by molar-refractivity contribution is 0.413. The SMILES string of the molecule is COc1ccccc1C#CSC(C)(C)C. The average Bonchev–Trinajstić information content (AvgIpc) is 2.16. The molecule has 0 heterocycles. The molecule has 1 rings (SSSR count). The summed E-state index contributed by atoms with van der Waals surface area (Å²) in [5.74, 6) is 3.94. The number of benzene rings is 1. The fourth-order valence-electron chi connectivity index (χ4n) is 0.981. The first-order valence-electron chi connectivity index (χ1n) is 4.85. The van der Waals surface area contributed by atoms with Crippen molar-refractivity contribution in [2.45, 2.75) is 25.5 Å². The van der Waals surface area contributed by atoms with E-state index in [-0.39, 0.29) is 4.75 Å². The summed E-state index contributed by atoms with van der Waals surface area (Å²) in [6.07, 6.45) is 0. The van der Waals surface area contributed by atoms with Gasteiger partial charge in [0.25, 0.3) is 0 Å². The van der Waals surface area contributed by atoms with Gasteiger partial charge in [0.05, 0.1) is 12.7 Å². The summed E-state index contributed by atoms with van der Waals surface area (Å²) in [4.78, 5) is 0. The molecule has 2 heteroatoms. The summed E-state index contributed by atoms with van der Waals surface area (Å²) in [5.41, 5.74) is 0.941. The lowest BCUT2D eigenvalue weighted by atomic mass is 10.2. The molecular weight excluding hydrogens is 204 g/mol. The van der Waals surface area contributed by atoms with Gasteiger partial charge in [-0.25, -0.2) is 0 Å². The van der Waals surface area contributed by atoms with Crippen LogP contribution in [0.25, 0.3) is 0 Å². The molecule has 0 bridgehead atoms. The Labute approximate surface area is 96.2 Å². The van der Waals surface area contributed by atoms with Crippen molar-refractivity contribution < 1.29 is 4.74 Å². The second-order valence-electron chi connectivity index (χ2n) is 4.14. The van der Waals surface area contributed by atoms with Gasteiger partial charge in [0.2, 0.25) is 0 Å². The molecule has 0 aliphatic rings. The number of hydrogen-bond acceptors (Lipinski definition) is 2. The van der Waals surface area contributed by atoms with Crippen LogP contribution in [0.3, 0.4) is 0 Å². The quantitative estimate of drug-likeness (QED) is 0.669. The molecule has 0 saturated heterocycles. The van der Waals surface area contributed by atoms with Gasteiger partial charge in [-0.05, 0) is 17.4 Å². The van der Waals surface area contributed by atoms with Gasteiger partial charge in [-0.3, -0.25) is 0 Å². The van der Waals surface area contributed by atoms with Gasteiger partial charge in [-0.15, -0.1) is 0 Å². The average molecular weight is 220 g/mol. The van der Waals surface area contributed by atoms with E-state index in [1.54, 1.807) is 18.9 Å². The van der Waals surface area contributed by atoms with E-state index in [1.807, 2.05) is 24.3 Å². The smallest absolute Gasteiger partial charge is 0.134 e. The van der Waals surface area contributed by atoms with E-state index in [2.05, 4.69) is 31.9 Å². The third kappa shape index (κ3) is 4.31. The number of hydrogen-bond donors (Lipinski definition) is 0. The predicted octanol–water partition coefficient (Wildman–Crippen LogP) is 3.54. The van der Waals surface area contributed by atoms with E-state index in [9.17, 15) is 0 Å². The number of methoxy groups -OCH3 is 1. The molecule has 1 aromatic carbocycles. The lowest BCUT2D eigenvalue weighted by Crippen LogP contribution is -2.04. The molecule has 15 heavy (non-hydrogen) atoms. The highest BCUT2D eigenvalue weighted by Crippen LogP contribution is 2.22. The third-order valence-electron chi connectivity index (χ3n) is 1.65. The Morgan fingerprint density at radius 3 is 2.47 bits per heavy atom. The molecule has 0 aromatic heterocycles. The van der Waals surface area contributed by atoms with E-state index in [0.29, 0.717) is 0 Å². The molecule has 80 valence electrons. The van der Waals surface area contributed by atoms with Crippen LogP contribution in [0.1, 0.15) is 26.3 Å². The Morgan fingerprint density at radius 1 is 1.20 bits per heavy atom. The van der Waals surface area contributed by atoms with E-state index < -0.39 is 0 Å². The topological polar surface area (TPSA) is 9.23 Å². The number of para-hydroxylation sites is 1. The zero-order chi connectivity index (χ0) is 11.3. The Hall–Kier alpha value is -1.07. The second kappa shape index (κ2) is 5.14. The molecule has 0 aliphatic carbocycles. The summed E-state index contributed by atoms with van der Waals surface area (Å²) in [6.45, 7) is 6.44. The van der Waals surface area contributed by atoms with E-state index >= 15 is 0 Å². The van der Waals surface area contributed by atoms with Crippen LogP contribution in [0, 0.1) is 11.2 Å². The van der Waals surface area contributed by atoms with Gasteiger partial charge < -0.3 is 4.74 Å². The van der Waals surface area contributed by atoms with Crippen molar-refractivity contribution in [2.75, 3.05) is 7.11 Å². The van der Waals surface area contributed by atoms with E-state index in [0.717, 1.165) is 11.3 Å². The van der Waals surface area contributed by atoms with Crippen LogP contribution < -0.4 is 4.74 Å². The normalized spacial score (nSPS) is 10.4. The van der Waals surface area contributed by atoms with Gasteiger partial charge in [-0.1, -0.05) is 50.6 Å². The van der Waals surface area contributed by atoms with Gasteiger partial charge in [0, 0.05) is 4.75 Å². The van der Waals surface area contributed by atoms with Crippen LogP contribution in [0.4, 0.5) is 0 Å². The minimum absolute atomic E-state index is 0.176. The maximum absolute atomic E-state index is 5.22. The van der Waals surface area contributed by atoms with Crippen LogP contribution in [-0.2, 0) is 0 Å². The monoisotopic (exact) mass is 220 g/mol. The van der Waals surface area contributed by atoms with Gasteiger partial charge in [-0.2, -0.15) is 0 Å². The Balaban J connectivity index is 2.80. The Morgan fingerprint density at radius 2 is 1.87 bits per heavy atom. The van der Waals surface area contributed by atoms with Gasteiger partial charge in [0.15, 0.2) is 0 Å². The van der Waals surface area contributed by atoms with Crippen molar-refractivity contribution in [1.82, 2.24) is 0 Å². The first-order valence-corrected chi connectivity index (χ1v) is 5.66. The first-order chi connectivity index (χ1) is 7.03. The summed E-state index contributed by atoms with van der Waals surface area (Å²) < 4.78 is 5.39. The highest BCUT2D eigenvalue weighted by molar-refractivity contribution is 8.05. The summed E-state index contributed by atoms with van der Waals surface area (Å²) in [7, 11) is 1.66. The molecule has 0 aliphatic heterocycles. The number of rotatable bonds is 1. The van der Waals surface area contributed by atoms with Crippen molar-refractivity contribution in [3.05, 3.63) is 29.8 Å². The minimum Gasteiger partial charge on any atom is -0.495 e. The fraction of sp³-hybridized carbons (Fsp3) is 0.385. The van der Waals surface area contributed by atoms with Crippen LogP contribution in [0.15, 0.2) is 24.3 Å². The van der Waals surface area contributed by atoms with E-state index in [4.69, 9.17) is 4.74 Å². The first kappa shape index (κ1) is 12.0. The fourth-order valence-corrected chi connectivity index (χ4v) is 1.45. The molecule has 1 aromatic rings. The Bertz CT molecular complexity index is 380. The summed E-state index contributed by atoms with van der Waals surface area (Å²) in [6, 6.07) is 7.80. The molecule has 0 N–H and O–H groups in total. The number of thioether (sulfide) groups is 1. The van der Waals surface area contributed by atoms with Gasteiger partial charge >= 0.3 is 0 Å². The van der Waals surface area contributed by atoms with Crippen LogP contribution in [0.2, 0.25) is 0 Å². The molecule has 0 amide bonds. The molecule has 0 spiro atoms. The molecule has 0 unspecified atom stereocenters. The standard InChI is InChI=1S/C13H16OS/c1-13(2,3)15-10-9-11-7-5-6-8-12(11)14-4/h5-8H,1-4H3. The number of ether oxygens (including phenoxy) is 1. The van der Waals surface area contributed by atoms with Gasteiger partial charge in [0.1, 0.15) is 5.75 Å². The van der Waals surface area contributed by atoms with Crippen molar-refractivity contribution in [3.8, 4) is 16.9 Å². The maximum Gasteiger partial charge on any atom is 0.134 e. The zero-order valence-electron chi connectivity index (χ0n) is 9.63. The Kier molecular flexibility index (Phi) is 4.11. The summed E-state index contributed by atoms with van der Waals surface area (Å²) >= 11 is 1.63. The molecule has 0 atom stereocenters. The molecule has 0 radical (unpaired) electrons. The van der Waals surface area contributed by atoms with Crippen LogP contribution in [-0.4, -0.2) is 11.9 Å². The molecule has 0 fully saturated rings. The van der Waals surface area contributed by atoms with Crippen molar-refractivity contribution in [2.24, 2.45) is 0 Å². The van der Waals surface area contributed by atoms with Crippen molar-refractivity contribution in [3.63, 3.8) is 0 Å². The van der Waals surface area contributed by atoms with Crippen molar-refractivity contribution >= 4 is 11.8 Å². The largest absolute Gasteiger partial charge is 0.495 e. The molecule has 1 nitrogen and oxygen atoms in total. The lowest BCUT2D eigenvalue weighted by Gasteiger charge is -2.11. The van der Waals surface area contributed by atoms with E-state index in [1.165, 1.54) is 0 Å².